The fourth-order valence-corrected chi connectivity index (χ4v) is 3.71. The molecule has 2 aromatic rings. The highest BCUT2D eigenvalue weighted by Gasteiger charge is 2.35. The first-order chi connectivity index (χ1) is 10.9. The van der Waals surface area contributed by atoms with E-state index in [0.29, 0.717) is 17.7 Å². The summed E-state index contributed by atoms with van der Waals surface area (Å²) in [6, 6.07) is 14.2. The Morgan fingerprint density at radius 3 is 2.57 bits per heavy atom. The lowest BCUT2D eigenvalue weighted by Crippen LogP contribution is -2.25. The topological polar surface area (TPSA) is 70.0 Å². The van der Waals surface area contributed by atoms with Crippen molar-refractivity contribution in [2.24, 2.45) is 5.10 Å². The number of para-hydroxylation sites is 1. The molecule has 1 heterocycles. The average molecular weight is 330 g/mol. The number of rotatable bonds is 3. The van der Waals surface area contributed by atoms with E-state index in [4.69, 9.17) is 0 Å². The van der Waals surface area contributed by atoms with Crippen molar-refractivity contribution in [3.8, 4) is 5.75 Å². The highest BCUT2D eigenvalue weighted by Crippen LogP contribution is 2.36. The second kappa shape index (κ2) is 5.70. The molecular weight excluding hydrogens is 312 g/mol. The fourth-order valence-electron chi connectivity index (χ4n) is 2.80. The van der Waals surface area contributed by atoms with Crippen LogP contribution in [0.4, 0.5) is 0 Å². The summed E-state index contributed by atoms with van der Waals surface area (Å²) in [5, 5.41) is 14.3. The number of hydrogen-bond donors (Lipinski definition) is 1. The molecule has 1 unspecified atom stereocenters. The minimum atomic E-state index is -3.50. The molecule has 1 atom stereocenters. The molecule has 0 radical (unpaired) electrons. The molecule has 0 saturated carbocycles. The van der Waals surface area contributed by atoms with Crippen LogP contribution in [0.3, 0.4) is 0 Å². The molecule has 3 rings (SSSR count). The van der Waals surface area contributed by atoms with Crippen LogP contribution in [0.2, 0.25) is 0 Å². The number of phenols is 1. The van der Waals surface area contributed by atoms with Crippen molar-refractivity contribution in [1.82, 2.24) is 4.41 Å². The van der Waals surface area contributed by atoms with Crippen LogP contribution < -0.4 is 0 Å². The van der Waals surface area contributed by atoms with Crippen molar-refractivity contribution in [1.29, 1.82) is 0 Å². The quantitative estimate of drug-likeness (QED) is 0.941. The highest BCUT2D eigenvalue weighted by molar-refractivity contribution is 7.88. The van der Waals surface area contributed by atoms with E-state index in [-0.39, 0.29) is 11.8 Å². The average Bonchev–Trinajstić information content (AvgIpc) is 2.93. The molecule has 6 heteroatoms. The standard InChI is InChI=1S/C17H18N2O3S/c1-12-6-5-7-13(10-12)16-11-15(18-19(16)23(2,21)22)14-8-3-4-9-17(14)20/h3-10,16,20H,11H2,1-2H3. The van der Waals surface area contributed by atoms with E-state index in [9.17, 15) is 13.5 Å². The van der Waals surface area contributed by atoms with Crippen LogP contribution in [-0.2, 0) is 10.0 Å². The van der Waals surface area contributed by atoms with Crippen LogP contribution in [0.15, 0.2) is 53.6 Å². The first kappa shape index (κ1) is 15.6. The Morgan fingerprint density at radius 2 is 1.91 bits per heavy atom. The van der Waals surface area contributed by atoms with Crippen molar-refractivity contribution in [3.63, 3.8) is 0 Å². The summed E-state index contributed by atoms with van der Waals surface area (Å²) in [6.07, 6.45) is 1.57. The Hall–Kier alpha value is -2.34. The van der Waals surface area contributed by atoms with E-state index < -0.39 is 10.0 Å². The lowest BCUT2D eigenvalue weighted by molar-refractivity contribution is 0.374. The molecule has 0 amide bonds. The number of benzene rings is 2. The van der Waals surface area contributed by atoms with Gasteiger partial charge in [-0.05, 0) is 24.6 Å². The predicted molar refractivity (Wildman–Crippen MR) is 89.9 cm³/mol. The van der Waals surface area contributed by atoms with Crippen molar-refractivity contribution < 1.29 is 13.5 Å². The van der Waals surface area contributed by atoms with Crippen molar-refractivity contribution >= 4 is 15.7 Å². The third kappa shape index (κ3) is 3.07. The van der Waals surface area contributed by atoms with Gasteiger partial charge in [0.25, 0.3) is 0 Å². The molecule has 0 aromatic heterocycles. The van der Waals surface area contributed by atoms with E-state index in [2.05, 4.69) is 5.10 Å². The number of aromatic hydroxyl groups is 1. The van der Waals surface area contributed by atoms with Gasteiger partial charge in [-0.1, -0.05) is 42.0 Å². The minimum absolute atomic E-state index is 0.101. The second-order valence-electron chi connectivity index (χ2n) is 5.73. The number of hydrazone groups is 1. The Balaban J connectivity index is 2.05. The van der Waals surface area contributed by atoms with Crippen LogP contribution in [0.5, 0.6) is 5.75 Å². The van der Waals surface area contributed by atoms with Gasteiger partial charge in [-0.15, -0.1) is 0 Å². The Kier molecular flexibility index (Phi) is 3.85. The Bertz CT molecular complexity index is 875. The van der Waals surface area contributed by atoms with Gasteiger partial charge in [0.15, 0.2) is 0 Å². The number of aryl methyl sites for hydroxylation is 1. The number of nitrogens with zero attached hydrogens (tertiary/aromatic N) is 2. The van der Waals surface area contributed by atoms with E-state index in [0.717, 1.165) is 21.8 Å². The number of hydrogen-bond acceptors (Lipinski definition) is 4. The van der Waals surface area contributed by atoms with Crippen LogP contribution in [-0.4, -0.2) is 29.9 Å². The third-order valence-corrected chi connectivity index (χ3v) is 4.87. The normalized spacial score (nSPS) is 18.1. The van der Waals surface area contributed by atoms with Gasteiger partial charge in [0.2, 0.25) is 10.0 Å². The SMILES string of the molecule is Cc1cccc(C2CC(c3ccccc3O)=NN2S(C)(=O)=O)c1. The zero-order valence-corrected chi connectivity index (χ0v) is 13.8. The van der Waals surface area contributed by atoms with Gasteiger partial charge >= 0.3 is 0 Å². The molecular formula is C17H18N2O3S. The third-order valence-electron chi connectivity index (χ3n) is 3.85. The lowest BCUT2D eigenvalue weighted by atomic mass is 9.98. The summed E-state index contributed by atoms with van der Waals surface area (Å²) in [6.45, 7) is 1.97. The maximum absolute atomic E-state index is 12.1. The molecule has 2 aromatic carbocycles. The molecule has 0 saturated heterocycles. The van der Waals surface area contributed by atoms with Crippen molar-refractivity contribution in [2.45, 2.75) is 19.4 Å². The van der Waals surface area contributed by atoms with Gasteiger partial charge in [-0.3, -0.25) is 0 Å². The smallest absolute Gasteiger partial charge is 0.247 e. The zero-order chi connectivity index (χ0) is 16.6. The molecule has 1 aliphatic heterocycles. The lowest BCUT2D eigenvalue weighted by Gasteiger charge is -2.21. The van der Waals surface area contributed by atoms with E-state index in [1.807, 2.05) is 31.2 Å². The van der Waals surface area contributed by atoms with Crippen LogP contribution in [0, 0.1) is 6.92 Å². The summed E-state index contributed by atoms with van der Waals surface area (Å²) in [5.41, 5.74) is 3.09. The molecule has 23 heavy (non-hydrogen) atoms. The van der Waals surface area contributed by atoms with E-state index in [1.165, 1.54) is 0 Å². The van der Waals surface area contributed by atoms with Gasteiger partial charge in [0.05, 0.1) is 18.0 Å². The van der Waals surface area contributed by atoms with Gasteiger partial charge in [-0.2, -0.15) is 9.52 Å². The monoisotopic (exact) mass is 330 g/mol. The first-order valence-electron chi connectivity index (χ1n) is 7.28. The van der Waals surface area contributed by atoms with Crippen molar-refractivity contribution in [2.75, 3.05) is 6.26 Å². The molecule has 120 valence electrons. The molecule has 5 nitrogen and oxygen atoms in total. The summed E-state index contributed by atoms with van der Waals surface area (Å²) >= 11 is 0. The Morgan fingerprint density at radius 1 is 1.17 bits per heavy atom. The van der Waals surface area contributed by atoms with Crippen LogP contribution >= 0.6 is 0 Å². The summed E-state index contributed by atoms with van der Waals surface area (Å²) in [4.78, 5) is 0. The van der Waals surface area contributed by atoms with Crippen molar-refractivity contribution in [3.05, 3.63) is 65.2 Å². The molecule has 0 bridgehead atoms. The first-order valence-corrected chi connectivity index (χ1v) is 9.13. The maximum atomic E-state index is 12.1. The molecule has 0 fully saturated rings. The molecule has 1 N–H and O–H groups in total. The van der Waals surface area contributed by atoms with Crippen LogP contribution in [0.1, 0.15) is 29.2 Å². The van der Waals surface area contributed by atoms with Gasteiger partial charge in [-0.25, -0.2) is 8.42 Å². The fraction of sp³-hybridized carbons (Fsp3) is 0.235. The van der Waals surface area contributed by atoms with E-state index in [1.54, 1.807) is 24.3 Å². The Labute approximate surface area is 135 Å². The second-order valence-corrected chi connectivity index (χ2v) is 7.57. The maximum Gasteiger partial charge on any atom is 0.247 e. The van der Waals surface area contributed by atoms with Gasteiger partial charge < -0.3 is 5.11 Å². The summed E-state index contributed by atoms with van der Waals surface area (Å²) < 4.78 is 25.4. The number of phenolic OH excluding ortho intramolecular Hbond substituents is 1. The molecule has 0 aliphatic carbocycles. The van der Waals surface area contributed by atoms with E-state index >= 15 is 0 Å². The van der Waals surface area contributed by atoms with Gasteiger partial charge in [0.1, 0.15) is 5.75 Å². The zero-order valence-electron chi connectivity index (χ0n) is 13.0. The summed E-state index contributed by atoms with van der Waals surface area (Å²) in [5.74, 6) is 0.101. The predicted octanol–water partition coefficient (Wildman–Crippen LogP) is 2.81. The minimum Gasteiger partial charge on any atom is -0.507 e. The van der Waals surface area contributed by atoms with Gasteiger partial charge in [0, 0.05) is 12.0 Å². The largest absolute Gasteiger partial charge is 0.507 e. The number of sulfonamides is 1. The summed E-state index contributed by atoms with van der Waals surface area (Å²) in [7, 11) is -3.50. The molecule has 1 aliphatic rings. The highest BCUT2D eigenvalue weighted by atomic mass is 32.2. The molecule has 0 spiro atoms. The van der Waals surface area contributed by atoms with Crippen LogP contribution in [0.25, 0.3) is 0 Å².